The molecule has 1 aliphatic heterocycles. The van der Waals surface area contributed by atoms with E-state index in [1.54, 1.807) is 6.07 Å². The van der Waals surface area contributed by atoms with Crippen molar-refractivity contribution in [1.82, 2.24) is 9.88 Å². The van der Waals surface area contributed by atoms with Gasteiger partial charge in [0, 0.05) is 25.7 Å². The number of hydrogen-bond donors (Lipinski definition) is 1. The number of hydrogen-bond acceptors (Lipinski definition) is 5. The number of anilines is 1. The highest BCUT2D eigenvalue weighted by Crippen LogP contribution is 2.22. The lowest BCUT2D eigenvalue weighted by Crippen LogP contribution is -2.34. The summed E-state index contributed by atoms with van der Waals surface area (Å²) in [6.45, 7) is 8.10. The van der Waals surface area contributed by atoms with Gasteiger partial charge in [-0.2, -0.15) is 0 Å². The van der Waals surface area contributed by atoms with Crippen molar-refractivity contribution >= 4 is 11.5 Å². The summed E-state index contributed by atoms with van der Waals surface area (Å²) >= 11 is 0. The maximum Gasteiger partial charge on any atom is 0.287 e. The third-order valence-corrected chi connectivity index (χ3v) is 4.97. The summed E-state index contributed by atoms with van der Waals surface area (Å²) < 4.78 is 0. The highest BCUT2D eigenvalue weighted by Gasteiger charge is 2.17. The Morgan fingerprint density at radius 1 is 1.35 bits per heavy atom. The van der Waals surface area contributed by atoms with E-state index in [0.29, 0.717) is 12.4 Å². The molecule has 1 aromatic carbocycles. The summed E-state index contributed by atoms with van der Waals surface area (Å²) in [7, 11) is 0. The number of aryl methyl sites for hydroxylation is 1. The van der Waals surface area contributed by atoms with Gasteiger partial charge in [-0.05, 0) is 48.9 Å². The van der Waals surface area contributed by atoms with Gasteiger partial charge in [-0.15, -0.1) is 0 Å². The Morgan fingerprint density at radius 3 is 2.81 bits per heavy atom. The minimum atomic E-state index is -0.418. The van der Waals surface area contributed by atoms with Crippen molar-refractivity contribution in [3.05, 3.63) is 63.3 Å². The average molecular weight is 354 g/mol. The van der Waals surface area contributed by atoms with E-state index < -0.39 is 4.92 Å². The van der Waals surface area contributed by atoms with Crippen molar-refractivity contribution in [2.75, 3.05) is 18.4 Å². The molecule has 0 amide bonds. The van der Waals surface area contributed by atoms with Crippen LogP contribution in [0.3, 0.4) is 0 Å². The monoisotopic (exact) mass is 354 g/mol. The summed E-state index contributed by atoms with van der Waals surface area (Å²) in [6, 6.07) is 10.0. The van der Waals surface area contributed by atoms with Crippen LogP contribution < -0.4 is 5.32 Å². The quantitative estimate of drug-likeness (QED) is 0.623. The molecular weight excluding hydrogens is 328 g/mol. The summed E-state index contributed by atoms with van der Waals surface area (Å²) in [6.07, 6.45) is 3.90. The van der Waals surface area contributed by atoms with E-state index in [1.807, 2.05) is 6.92 Å². The molecule has 6 nitrogen and oxygen atoms in total. The Hall–Kier alpha value is -2.47. The molecule has 138 valence electrons. The average Bonchev–Trinajstić information content (AvgIpc) is 2.61. The van der Waals surface area contributed by atoms with E-state index in [9.17, 15) is 10.1 Å². The maximum absolute atomic E-state index is 10.8. The van der Waals surface area contributed by atoms with Crippen LogP contribution in [0.25, 0.3) is 0 Å². The lowest BCUT2D eigenvalue weighted by atomic mass is 9.99. The van der Waals surface area contributed by atoms with Gasteiger partial charge in [-0.25, -0.2) is 4.98 Å². The zero-order valence-corrected chi connectivity index (χ0v) is 15.4. The first-order valence-electron chi connectivity index (χ1n) is 9.17. The first-order valence-corrected chi connectivity index (χ1v) is 9.17. The van der Waals surface area contributed by atoms with Crippen molar-refractivity contribution in [3.63, 3.8) is 0 Å². The lowest BCUT2D eigenvalue weighted by molar-refractivity contribution is -0.385. The van der Waals surface area contributed by atoms with Crippen LogP contribution in [0.1, 0.15) is 36.5 Å². The molecule has 1 aliphatic rings. The van der Waals surface area contributed by atoms with Gasteiger partial charge >= 0.3 is 0 Å². The van der Waals surface area contributed by atoms with Crippen molar-refractivity contribution < 1.29 is 4.92 Å². The Labute approximate surface area is 154 Å². The van der Waals surface area contributed by atoms with Crippen molar-refractivity contribution in [2.45, 2.75) is 39.8 Å². The largest absolute Gasteiger partial charge is 0.366 e. The van der Waals surface area contributed by atoms with Crippen molar-refractivity contribution in [3.8, 4) is 0 Å². The molecule has 3 rings (SSSR count). The fraction of sp³-hybridized carbons (Fsp3) is 0.450. The molecule has 26 heavy (non-hydrogen) atoms. The second kappa shape index (κ2) is 8.27. The molecule has 1 saturated heterocycles. The Balaban J connectivity index is 1.68. The smallest absolute Gasteiger partial charge is 0.287 e. The minimum Gasteiger partial charge on any atom is -0.366 e. The normalized spacial score (nSPS) is 17.8. The van der Waals surface area contributed by atoms with Gasteiger partial charge in [0.25, 0.3) is 5.69 Å². The standard InChI is InChI=1S/C20H26N4O2/c1-15-6-5-9-23(13-15)14-18-8-4-3-7-17(18)11-21-20-16(2)10-19(12-22-20)24(25)26/h3-4,7-8,10,12,15H,5-6,9,11,13-14H2,1-2H3,(H,21,22). The first kappa shape index (κ1) is 18.3. The van der Waals surface area contributed by atoms with Crippen LogP contribution in [-0.2, 0) is 13.1 Å². The Morgan fingerprint density at radius 2 is 2.12 bits per heavy atom. The highest BCUT2D eigenvalue weighted by atomic mass is 16.6. The second-order valence-corrected chi connectivity index (χ2v) is 7.22. The SMILES string of the molecule is Cc1cc([N+](=O)[O-])cnc1NCc1ccccc1CN1CCCC(C)C1. The predicted octanol–water partition coefficient (Wildman–Crippen LogP) is 4.14. The summed E-state index contributed by atoms with van der Waals surface area (Å²) in [5.41, 5.74) is 3.37. The molecule has 1 N–H and O–H groups in total. The number of rotatable bonds is 6. The number of aromatic nitrogens is 1. The molecular formula is C20H26N4O2. The third-order valence-electron chi connectivity index (χ3n) is 4.97. The van der Waals surface area contributed by atoms with E-state index >= 15 is 0 Å². The molecule has 2 aromatic rings. The molecule has 1 atom stereocenters. The van der Waals surface area contributed by atoms with E-state index in [2.05, 4.69) is 46.4 Å². The number of pyridine rings is 1. The molecule has 0 bridgehead atoms. The molecule has 0 radical (unpaired) electrons. The molecule has 1 unspecified atom stereocenters. The zero-order valence-electron chi connectivity index (χ0n) is 15.4. The summed E-state index contributed by atoms with van der Waals surface area (Å²) in [5.74, 6) is 1.46. The van der Waals surface area contributed by atoms with E-state index in [4.69, 9.17) is 0 Å². The number of nitrogens with zero attached hydrogens (tertiary/aromatic N) is 3. The second-order valence-electron chi connectivity index (χ2n) is 7.22. The third kappa shape index (κ3) is 4.58. The topological polar surface area (TPSA) is 71.3 Å². The van der Waals surface area contributed by atoms with Gasteiger partial charge < -0.3 is 5.32 Å². The number of piperidine rings is 1. The number of benzene rings is 1. The first-order chi connectivity index (χ1) is 12.5. The van der Waals surface area contributed by atoms with Crippen molar-refractivity contribution in [1.29, 1.82) is 0 Å². The molecule has 0 aliphatic carbocycles. The van der Waals surface area contributed by atoms with E-state index in [1.165, 1.54) is 30.2 Å². The van der Waals surface area contributed by atoms with Gasteiger partial charge in [0.2, 0.25) is 0 Å². The number of nitro groups is 1. The van der Waals surface area contributed by atoms with Crippen LogP contribution in [0.5, 0.6) is 0 Å². The van der Waals surface area contributed by atoms with E-state index in [-0.39, 0.29) is 5.69 Å². The van der Waals surface area contributed by atoms with Crippen LogP contribution in [-0.4, -0.2) is 27.9 Å². The van der Waals surface area contributed by atoms with Gasteiger partial charge in [-0.3, -0.25) is 15.0 Å². The fourth-order valence-electron chi connectivity index (χ4n) is 3.58. The van der Waals surface area contributed by atoms with Crippen LogP contribution in [0.4, 0.5) is 11.5 Å². The lowest BCUT2D eigenvalue weighted by Gasteiger charge is -2.31. The molecule has 2 heterocycles. The van der Waals surface area contributed by atoms with Crippen molar-refractivity contribution in [2.24, 2.45) is 5.92 Å². The molecule has 0 spiro atoms. The van der Waals surface area contributed by atoms with Gasteiger partial charge in [0.1, 0.15) is 12.0 Å². The highest BCUT2D eigenvalue weighted by molar-refractivity contribution is 5.48. The molecule has 1 fully saturated rings. The number of nitrogens with one attached hydrogen (secondary N) is 1. The van der Waals surface area contributed by atoms with Gasteiger partial charge in [0.05, 0.1) is 4.92 Å². The zero-order chi connectivity index (χ0) is 18.5. The fourth-order valence-corrected chi connectivity index (χ4v) is 3.58. The van der Waals surface area contributed by atoms with Crippen LogP contribution in [0, 0.1) is 23.0 Å². The van der Waals surface area contributed by atoms with E-state index in [0.717, 1.165) is 31.1 Å². The number of likely N-dealkylation sites (tertiary alicyclic amines) is 1. The van der Waals surface area contributed by atoms with Crippen LogP contribution >= 0.6 is 0 Å². The maximum atomic E-state index is 10.8. The Kier molecular flexibility index (Phi) is 5.83. The van der Waals surface area contributed by atoms with Gasteiger partial charge in [0.15, 0.2) is 0 Å². The molecule has 6 heteroatoms. The molecule has 1 aromatic heterocycles. The predicted molar refractivity (Wildman–Crippen MR) is 103 cm³/mol. The van der Waals surface area contributed by atoms with Crippen LogP contribution in [0.15, 0.2) is 36.5 Å². The molecule has 0 saturated carbocycles. The van der Waals surface area contributed by atoms with Crippen LogP contribution in [0.2, 0.25) is 0 Å². The summed E-state index contributed by atoms with van der Waals surface area (Å²) in [4.78, 5) is 17.2. The summed E-state index contributed by atoms with van der Waals surface area (Å²) in [5, 5.41) is 14.2. The van der Waals surface area contributed by atoms with Gasteiger partial charge in [-0.1, -0.05) is 31.2 Å². The Bertz CT molecular complexity index is 778. The minimum absolute atomic E-state index is 0.0210.